The van der Waals surface area contributed by atoms with Crippen molar-refractivity contribution in [3.05, 3.63) is 60.0 Å². The Kier molecular flexibility index (Phi) is 7.45. The molecule has 0 atom stereocenters. The smallest absolute Gasteiger partial charge is 0.279 e. The molecule has 0 radical (unpaired) electrons. The van der Waals surface area contributed by atoms with Gasteiger partial charge in [0.2, 0.25) is 5.88 Å². The third-order valence-electron chi connectivity index (χ3n) is 4.20. The summed E-state index contributed by atoms with van der Waals surface area (Å²) in [6, 6.07) is 12.9. The molecule has 0 saturated carbocycles. The Labute approximate surface area is 180 Å². The Hall–Kier alpha value is -3.33. The van der Waals surface area contributed by atoms with Gasteiger partial charge in [-0.05, 0) is 43.8 Å². The monoisotopic (exact) mass is 424 g/mol. The molecule has 1 amide bonds. The molecule has 0 bridgehead atoms. The lowest BCUT2D eigenvalue weighted by Gasteiger charge is -2.09. The summed E-state index contributed by atoms with van der Waals surface area (Å²) in [5.74, 6) is 0.121. The maximum atomic E-state index is 12.5. The number of unbranched alkanes of at least 4 members (excludes halogenated alkanes) is 2. The van der Waals surface area contributed by atoms with E-state index in [0.29, 0.717) is 23.9 Å². The number of amides is 1. The lowest BCUT2D eigenvalue weighted by Crippen LogP contribution is -2.34. The minimum atomic E-state index is -0.434. The number of aryl methyl sites for hydroxylation is 1. The van der Waals surface area contributed by atoms with E-state index in [1.807, 2.05) is 30.3 Å². The van der Waals surface area contributed by atoms with Crippen LogP contribution in [0.5, 0.6) is 5.88 Å². The number of aromatic nitrogens is 4. The summed E-state index contributed by atoms with van der Waals surface area (Å²) in [6.45, 7) is 4.51. The molecular weight excluding hydrogens is 400 g/mol. The van der Waals surface area contributed by atoms with Crippen LogP contribution in [-0.4, -0.2) is 37.6 Å². The second-order valence-electron chi connectivity index (χ2n) is 6.61. The van der Waals surface area contributed by atoms with Gasteiger partial charge >= 0.3 is 0 Å². The number of rotatable bonds is 8. The number of pyridine rings is 1. The van der Waals surface area contributed by atoms with Crippen LogP contribution < -0.4 is 15.4 Å². The van der Waals surface area contributed by atoms with E-state index in [4.69, 9.17) is 17.0 Å². The predicted molar refractivity (Wildman–Crippen MR) is 119 cm³/mol. The molecule has 30 heavy (non-hydrogen) atoms. The number of para-hydroxylation sites is 1. The topological polar surface area (TPSA) is 94.0 Å². The van der Waals surface area contributed by atoms with Crippen molar-refractivity contribution in [2.45, 2.75) is 33.1 Å². The van der Waals surface area contributed by atoms with Gasteiger partial charge in [0.1, 0.15) is 0 Å². The van der Waals surface area contributed by atoms with E-state index in [1.54, 1.807) is 25.3 Å². The van der Waals surface area contributed by atoms with Gasteiger partial charge in [0, 0.05) is 6.07 Å². The van der Waals surface area contributed by atoms with Gasteiger partial charge in [-0.1, -0.05) is 38.0 Å². The fourth-order valence-corrected chi connectivity index (χ4v) is 2.87. The van der Waals surface area contributed by atoms with Crippen molar-refractivity contribution in [1.29, 1.82) is 0 Å². The van der Waals surface area contributed by atoms with Gasteiger partial charge < -0.3 is 10.1 Å². The van der Waals surface area contributed by atoms with Crippen LogP contribution in [0.1, 0.15) is 42.4 Å². The van der Waals surface area contributed by atoms with E-state index in [2.05, 4.69) is 32.7 Å². The van der Waals surface area contributed by atoms with Crippen LogP contribution in [0, 0.1) is 6.92 Å². The molecule has 3 aromatic rings. The van der Waals surface area contributed by atoms with Gasteiger partial charge in [-0.15, -0.1) is 5.10 Å². The molecule has 0 aliphatic carbocycles. The number of hydrogen-bond acceptors (Lipinski definition) is 6. The SMILES string of the molecule is CCCCCOc1ccc(NC(=S)NC(=O)c2nn(-c3ccccc3)nc2C)cn1. The fourth-order valence-electron chi connectivity index (χ4n) is 2.66. The summed E-state index contributed by atoms with van der Waals surface area (Å²) in [5, 5.41) is 14.3. The Morgan fingerprint density at radius 1 is 1.13 bits per heavy atom. The minimum Gasteiger partial charge on any atom is -0.478 e. The molecule has 9 heteroatoms. The predicted octanol–water partition coefficient (Wildman–Crippen LogP) is 3.67. The summed E-state index contributed by atoms with van der Waals surface area (Å²) in [7, 11) is 0. The quantitative estimate of drug-likeness (QED) is 0.421. The van der Waals surface area contributed by atoms with Crippen LogP contribution in [0.15, 0.2) is 48.7 Å². The van der Waals surface area contributed by atoms with Crippen LogP contribution >= 0.6 is 12.2 Å². The maximum absolute atomic E-state index is 12.5. The number of carbonyl (C=O) groups excluding carboxylic acids is 1. The van der Waals surface area contributed by atoms with Crippen molar-refractivity contribution in [3.8, 4) is 11.6 Å². The van der Waals surface area contributed by atoms with Crippen LogP contribution in [0.2, 0.25) is 0 Å². The van der Waals surface area contributed by atoms with Crippen LogP contribution in [-0.2, 0) is 0 Å². The molecule has 0 aliphatic rings. The third kappa shape index (κ3) is 5.84. The average Bonchev–Trinajstić information content (AvgIpc) is 3.15. The van der Waals surface area contributed by atoms with Crippen molar-refractivity contribution >= 4 is 28.9 Å². The van der Waals surface area contributed by atoms with E-state index in [1.165, 1.54) is 4.80 Å². The number of anilines is 1. The maximum Gasteiger partial charge on any atom is 0.279 e. The first-order chi connectivity index (χ1) is 14.6. The molecule has 0 saturated heterocycles. The average molecular weight is 425 g/mol. The van der Waals surface area contributed by atoms with E-state index >= 15 is 0 Å². The van der Waals surface area contributed by atoms with Gasteiger partial charge in [-0.25, -0.2) is 4.98 Å². The number of nitrogens with one attached hydrogen (secondary N) is 2. The third-order valence-corrected chi connectivity index (χ3v) is 4.41. The molecule has 2 N–H and O–H groups in total. The number of carbonyl (C=O) groups is 1. The van der Waals surface area contributed by atoms with Crippen LogP contribution in [0.3, 0.4) is 0 Å². The van der Waals surface area contributed by atoms with Crippen molar-refractivity contribution in [2.75, 3.05) is 11.9 Å². The summed E-state index contributed by atoms with van der Waals surface area (Å²) in [4.78, 5) is 18.2. The molecule has 0 unspecified atom stereocenters. The summed E-state index contributed by atoms with van der Waals surface area (Å²) >= 11 is 5.23. The molecule has 2 aromatic heterocycles. The molecule has 0 fully saturated rings. The van der Waals surface area contributed by atoms with Crippen molar-refractivity contribution < 1.29 is 9.53 Å². The summed E-state index contributed by atoms with van der Waals surface area (Å²) in [6.07, 6.45) is 4.88. The fraction of sp³-hybridized carbons (Fsp3) is 0.286. The zero-order chi connectivity index (χ0) is 21.3. The highest BCUT2D eigenvalue weighted by atomic mass is 32.1. The van der Waals surface area contributed by atoms with E-state index in [-0.39, 0.29) is 10.8 Å². The van der Waals surface area contributed by atoms with Crippen LogP contribution in [0.4, 0.5) is 5.69 Å². The molecular formula is C21H24N6O2S. The molecule has 2 heterocycles. The lowest BCUT2D eigenvalue weighted by atomic mass is 10.3. The van der Waals surface area contributed by atoms with Crippen molar-refractivity contribution in [2.24, 2.45) is 0 Å². The normalized spacial score (nSPS) is 10.5. The second kappa shape index (κ2) is 10.4. The van der Waals surface area contributed by atoms with Gasteiger partial charge in [0.05, 0.1) is 29.9 Å². The molecule has 0 aliphatic heterocycles. The summed E-state index contributed by atoms with van der Waals surface area (Å²) < 4.78 is 5.58. The molecule has 0 spiro atoms. The van der Waals surface area contributed by atoms with Crippen molar-refractivity contribution in [1.82, 2.24) is 25.3 Å². The first kappa shape index (κ1) is 21.4. The largest absolute Gasteiger partial charge is 0.478 e. The van der Waals surface area contributed by atoms with Gasteiger partial charge in [-0.3, -0.25) is 10.1 Å². The zero-order valence-electron chi connectivity index (χ0n) is 17.0. The number of hydrogen-bond donors (Lipinski definition) is 2. The standard InChI is InChI=1S/C21H24N6O2S/c1-3-4-8-13-29-18-12-11-16(14-22-18)23-21(30)24-20(28)19-15(2)25-27(26-19)17-9-6-5-7-10-17/h5-7,9-12,14H,3-4,8,13H2,1-2H3,(H2,23,24,28,30). The van der Waals surface area contributed by atoms with Gasteiger partial charge in [0.25, 0.3) is 5.91 Å². The molecule has 1 aromatic carbocycles. The Bertz CT molecular complexity index is 988. The molecule has 156 valence electrons. The molecule has 8 nitrogen and oxygen atoms in total. The van der Waals surface area contributed by atoms with Gasteiger partial charge in [-0.2, -0.15) is 9.90 Å². The minimum absolute atomic E-state index is 0.145. The van der Waals surface area contributed by atoms with E-state index in [9.17, 15) is 4.79 Å². The number of thiocarbonyl (C=S) groups is 1. The number of nitrogens with zero attached hydrogens (tertiary/aromatic N) is 4. The number of ether oxygens (including phenoxy) is 1. The Balaban J connectivity index is 1.55. The number of benzene rings is 1. The molecule has 3 rings (SSSR count). The highest BCUT2D eigenvalue weighted by Gasteiger charge is 2.17. The van der Waals surface area contributed by atoms with Crippen molar-refractivity contribution in [3.63, 3.8) is 0 Å². The van der Waals surface area contributed by atoms with Gasteiger partial charge in [0.15, 0.2) is 10.8 Å². The first-order valence-electron chi connectivity index (χ1n) is 9.77. The highest BCUT2D eigenvalue weighted by Crippen LogP contribution is 2.13. The Morgan fingerprint density at radius 3 is 2.63 bits per heavy atom. The second-order valence-corrected chi connectivity index (χ2v) is 7.02. The summed E-state index contributed by atoms with van der Waals surface area (Å²) in [5.41, 5.74) is 2.12. The van der Waals surface area contributed by atoms with E-state index in [0.717, 1.165) is 24.9 Å². The van der Waals surface area contributed by atoms with Crippen LogP contribution in [0.25, 0.3) is 5.69 Å². The van der Waals surface area contributed by atoms with E-state index < -0.39 is 5.91 Å². The first-order valence-corrected chi connectivity index (χ1v) is 10.2. The Morgan fingerprint density at radius 2 is 1.93 bits per heavy atom. The lowest BCUT2D eigenvalue weighted by molar-refractivity contribution is 0.0972. The zero-order valence-corrected chi connectivity index (χ0v) is 17.8. The highest BCUT2D eigenvalue weighted by molar-refractivity contribution is 7.80.